The fourth-order valence-corrected chi connectivity index (χ4v) is 2.23. The van der Waals surface area contributed by atoms with Crippen LogP contribution in [0.2, 0.25) is 0 Å². The largest absolute Gasteiger partial charge is 0.433 e. The van der Waals surface area contributed by atoms with Crippen molar-refractivity contribution in [3.63, 3.8) is 0 Å². The van der Waals surface area contributed by atoms with Gasteiger partial charge in [-0.2, -0.15) is 18.3 Å². The summed E-state index contributed by atoms with van der Waals surface area (Å²) in [6.07, 6.45) is -3.37. The van der Waals surface area contributed by atoms with E-state index in [4.69, 9.17) is 0 Å². The Labute approximate surface area is 115 Å². The average Bonchev–Trinajstić information content (AvgIpc) is 2.72. The van der Waals surface area contributed by atoms with Crippen molar-refractivity contribution < 1.29 is 17.6 Å². The first-order valence-electron chi connectivity index (χ1n) is 5.31. The number of nitrogens with zero attached hydrogens (tertiary/aromatic N) is 2. The van der Waals surface area contributed by atoms with Gasteiger partial charge in [-0.3, -0.25) is 0 Å². The van der Waals surface area contributed by atoms with Crippen LogP contribution in [-0.2, 0) is 11.5 Å². The first kappa shape index (κ1) is 14.0. The monoisotopic (exact) mass is 336 g/mol. The number of rotatable bonds is 2. The van der Waals surface area contributed by atoms with Crippen LogP contribution < -0.4 is 0 Å². The van der Waals surface area contributed by atoms with Crippen LogP contribution in [0.1, 0.15) is 16.8 Å². The van der Waals surface area contributed by atoms with E-state index in [1.807, 2.05) is 0 Å². The molecule has 0 bridgehead atoms. The van der Waals surface area contributed by atoms with Gasteiger partial charge in [-0.25, -0.2) is 9.07 Å². The van der Waals surface area contributed by atoms with Crippen LogP contribution in [0, 0.1) is 12.7 Å². The lowest BCUT2D eigenvalue weighted by molar-refractivity contribution is -0.143. The van der Waals surface area contributed by atoms with Crippen LogP contribution in [0.5, 0.6) is 0 Å². The number of alkyl halides is 4. The second kappa shape index (κ2) is 4.96. The Balaban J connectivity index is 2.66. The fourth-order valence-electron chi connectivity index (χ4n) is 1.82. The maximum Gasteiger partial charge on any atom is 0.433 e. The van der Waals surface area contributed by atoms with Crippen molar-refractivity contribution in [2.45, 2.75) is 18.4 Å². The number of aromatic nitrogens is 2. The zero-order valence-corrected chi connectivity index (χ0v) is 11.4. The highest BCUT2D eigenvalue weighted by atomic mass is 79.9. The van der Waals surface area contributed by atoms with Crippen LogP contribution >= 0.6 is 15.9 Å². The molecule has 0 aliphatic carbocycles. The van der Waals surface area contributed by atoms with E-state index in [9.17, 15) is 17.6 Å². The number of halogens is 5. The third-order valence-electron chi connectivity index (χ3n) is 2.64. The van der Waals surface area contributed by atoms with E-state index in [0.29, 0.717) is 5.56 Å². The highest BCUT2D eigenvalue weighted by molar-refractivity contribution is 9.08. The normalized spacial score (nSPS) is 11.9. The molecule has 0 atom stereocenters. The molecule has 1 heterocycles. The van der Waals surface area contributed by atoms with Gasteiger partial charge in [0.1, 0.15) is 5.82 Å². The lowest BCUT2D eigenvalue weighted by atomic mass is 10.2. The van der Waals surface area contributed by atoms with Gasteiger partial charge in [0.2, 0.25) is 0 Å². The van der Waals surface area contributed by atoms with E-state index in [2.05, 4.69) is 21.0 Å². The van der Waals surface area contributed by atoms with Gasteiger partial charge in [0.05, 0.1) is 11.9 Å². The first-order chi connectivity index (χ1) is 8.84. The molecule has 0 unspecified atom stereocenters. The molecule has 2 aromatic rings. The molecule has 0 aliphatic heterocycles. The zero-order valence-electron chi connectivity index (χ0n) is 9.80. The molecule has 7 heteroatoms. The Hall–Kier alpha value is -1.37. The predicted molar refractivity (Wildman–Crippen MR) is 65.9 cm³/mol. The van der Waals surface area contributed by atoms with Crippen molar-refractivity contribution in [2.24, 2.45) is 0 Å². The van der Waals surface area contributed by atoms with Gasteiger partial charge < -0.3 is 0 Å². The van der Waals surface area contributed by atoms with Crippen molar-refractivity contribution in [1.29, 1.82) is 0 Å². The number of hydrogen-bond acceptors (Lipinski definition) is 1. The van der Waals surface area contributed by atoms with Gasteiger partial charge in [-0.05, 0) is 30.7 Å². The van der Waals surface area contributed by atoms with Gasteiger partial charge in [0.25, 0.3) is 0 Å². The van der Waals surface area contributed by atoms with E-state index in [-0.39, 0.29) is 16.6 Å². The third kappa shape index (κ3) is 2.65. The number of aryl methyl sites for hydroxylation is 1. The van der Waals surface area contributed by atoms with Crippen molar-refractivity contribution in [3.8, 4) is 5.69 Å². The molecule has 102 valence electrons. The molecular formula is C12H9BrF4N2. The summed E-state index contributed by atoms with van der Waals surface area (Å²) in [5.74, 6) is -0.498. The van der Waals surface area contributed by atoms with Crippen molar-refractivity contribution in [2.75, 3.05) is 0 Å². The Kier molecular flexibility index (Phi) is 3.66. The SMILES string of the molecule is Cc1cc(F)ccc1-n1ncc(CBr)c1C(F)(F)F. The molecule has 0 spiro atoms. The maximum atomic E-state index is 13.1. The van der Waals surface area contributed by atoms with Gasteiger partial charge in [-0.1, -0.05) is 15.9 Å². The Bertz CT molecular complexity index is 604. The van der Waals surface area contributed by atoms with E-state index in [1.165, 1.54) is 19.1 Å². The van der Waals surface area contributed by atoms with Crippen LogP contribution in [0.4, 0.5) is 17.6 Å². The smallest absolute Gasteiger partial charge is 0.228 e. The summed E-state index contributed by atoms with van der Waals surface area (Å²) in [5, 5.41) is 3.80. The van der Waals surface area contributed by atoms with Crippen LogP contribution in [0.15, 0.2) is 24.4 Å². The lowest BCUT2D eigenvalue weighted by Crippen LogP contribution is -2.15. The second-order valence-electron chi connectivity index (χ2n) is 3.99. The average molecular weight is 337 g/mol. The number of benzene rings is 1. The van der Waals surface area contributed by atoms with E-state index in [0.717, 1.165) is 16.9 Å². The first-order valence-corrected chi connectivity index (χ1v) is 6.43. The molecule has 0 aliphatic rings. The topological polar surface area (TPSA) is 17.8 Å². The highest BCUT2D eigenvalue weighted by Crippen LogP contribution is 2.35. The molecule has 0 amide bonds. The van der Waals surface area contributed by atoms with Crippen LogP contribution in [0.3, 0.4) is 0 Å². The summed E-state index contributed by atoms with van der Waals surface area (Å²) in [6.45, 7) is 1.54. The van der Waals surface area contributed by atoms with Gasteiger partial charge >= 0.3 is 6.18 Å². The standard InChI is InChI=1S/C12H9BrF4N2/c1-7-4-9(14)2-3-10(7)19-11(12(15,16)17)8(5-13)6-18-19/h2-4,6H,5H2,1H3. The summed E-state index contributed by atoms with van der Waals surface area (Å²) < 4.78 is 53.0. The molecule has 0 fully saturated rings. The second-order valence-corrected chi connectivity index (χ2v) is 4.55. The molecule has 2 nitrogen and oxygen atoms in total. The molecule has 0 radical (unpaired) electrons. The minimum atomic E-state index is -4.53. The van der Waals surface area contributed by atoms with Crippen LogP contribution in [0.25, 0.3) is 5.69 Å². The fraction of sp³-hybridized carbons (Fsp3) is 0.250. The molecule has 0 N–H and O–H groups in total. The Morgan fingerprint density at radius 2 is 2.00 bits per heavy atom. The van der Waals surface area contributed by atoms with Gasteiger partial charge in [-0.15, -0.1) is 0 Å². The third-order valence-corrected chi connectivity index (χ3v) is 3.25. The zero-order chi connectivity index (χ0) is 14.2. The summed E-state index contributed by atoms with van der Waals surface area (Å²) in [6, 6.07) is 3.56. The Morgan fingerprint density at radius 1 is 1.32 bits per heavy atom. The molecule has 19 heavy (non-hydrogen) atoms. The summed E-state index contributed by atoms with van der Waals surface area (Å²) in [5.41, 5.74) is -0.217. The molecular weight excluding hydrogens is 328 g/mol. The quantitative estimate of drug-likeness (QED) is 0.592. The van der Waals surface area contributed by atoms with Crippen molar-refractivity contribution in [3.05, 3.63) is 47.0 Å². The molecule has 0 saturated heterocycles. The summed E-state index contributed by atoms with van der Waals surface area (Å²) >= 11 is 3.00. The highest BCUT2D eigenvalue weighted by Gasteiger charge is 2.38. The molecule has 1 aromatic carbocycles. The van der Waals surface area contributed by atoms with Crippen LogP contribution in [-0.4, -0.2) is 9.78 Å². The number of hydrogen-bond donors (Lipinski definition) is 0. The molecule has 2 rings (SSSR count). The maximum absolute atomic E-state index is 13.1. The Morgan fingerprint density at radius 3 is 2.53 bits per heavy atom. The van der Waals surface area contributed by atoms with E-state index < -0.39 is 17.7 Å². The molecule has 0 saturated carbocycles. The van der Waals surface area contributed by atoms with Crippen molar-refractivity contribution in [1.82, 2.24) is 9.78 Å². The van der Waals surface area contributed by atoms with E-state index in [1.54, 1.807) is 0 Å². The summed E-state index contributed by atoms with van der Waals surface area (Å²) in [4.78, 5) is 0. The minimum absolute atomic E-state index is 0.0382. The van der Waals surface area contributed by atoms with Crippen molar-refractivity contribution >= 4 is 15.9 Å². The predicted octanol–water partition coefficient (Wildman–Crippen LogP) is 4.23. The molecule has 1 aromatic heterocycles. The lowest BCUT2D eigenvalue weighted by Gasteiger charge is -2.13. The van der Waals surface area contributed by atoms with Gasteiger partial charge in [0.15, 0.2) is 5.69 Å². The van der Waals surface area contributed by atoms with Gasteiger partial charge in [0, 0.05) is 10.9 Å². The van der Waals surface area contributed by atoms with E-state index >= 15 is 0 Å². The summed E-state index contributed by atoms with van der Waals surface area (Å²) in [7, 11) is 0. The minimum Gasteiger partial charge on any atom is -0.228 e.